The third-order valence-corrected chi connectivity index (χ3v) is 6.99. The summed E-state index contributed by atoms with van der Waals surface area (Å²) >= 11 is 2.98. The number of carbonyl (C=O) groups is 1. The molecule has 0 aliphatic carbocycles. The Labute approximate surface area is 206 Å². The van der Waals surface area contributed by atoms with E-state index in [0.717, 1.165) is 16.0 Å². The highest BCUT2D eigenvalue weighted by molar-refractivity contribution is 7.99. The Morgan fingerprint density at radius 2 is 1.88 bits per heavy atom. The van der Waals surface area contributed by atoms with Gasteiger partial charge in [-0.05, 0) is 41.3 Å². The van der Waals surface area contributed by atoms with Crippen molar-refractivity contribution in [3.63, 3.8) is 0 Å². The summed E-state index contributed by atoms with van der Waals surface area (Å²) in [6.07, 6.45) is 0. The fourth-order valence-corrected chi connectivity index (χ4v) is 4.98. The lowest BCUT2D eigenvalue weighted by Crippen LogP contribution is -2.34. The number of halogens is 1. The molecule has 4 rings (SSSR count). The van der Waals surface area contributed by atoms with E-state index < -0.39 is 0 Å². The summed E-state index contributed by atoms with van der Waals surface area (Å²) in [5.41, 5.74) is 1.85. The van der Waals surface area contributed by atoms with Crippen molar-refractivity contribution in [1.29, 1.82) is 0 Å². The van der Waals surface area contributed by atoms with Gasteiger partial charge in [-0.25, -0.2) is 4.39 Å². The lowest BCUT2D eigenvalue weighted by Gasteiger charge is -2.21. The molecule has 0 unspecified atom stereocenters. The average molecular weight is 497 g/mol. The van der Waals surface area contributed by atoms with Crippen molar-refractivity contribution in [2.45, 2.75) is 18.2 Å². The topological polar surface area (TPSA) is 60.2 Å². The Kier molecular flexibility index (Phi) is 8.46. The summed E-state index contributed by atoms with van der Waals surface area (Å²) in [7, 11) is 1.63. The van der Waals surface area contributed by atoms with Crippen LogP contribution in [0.25, 0.3) is 11.4 Å². The van der Waals surface area contributed by atoms with Crippen LogP contribution in [0.1, 0.15) is 10.4 Å². The van der Waals surface area contributed by atoms with Crippen LogP contribution in [0.4, 0.5) is 4.39 Å². The predicted molar refractivity (Wildman–Crippen MR) is 133 cm³/mol. The van der Waals surface area contributed by atoms with Gasteiger partial charge in [0.1, 0.15) is 5.82 Å². The van der Waals surface area contributed by atoms with Gasteiger partial charge in [-0.2, -0.15) is 0 Å². The van der Waals surface area contributed by atoms with Gasteiger partial charge in [0.05, 0.1) is 25.4 Å². The zero-order valence-electron chi connectivity index (χ0n) is 18.8. The van der Waals surface area contributed by atoms with E-state index in [4.69, 9.17) is 4.74 Å². The van der Waals surface area contributed by atoms with Crippen molar-refractivity contribution < 1.29 is 13.9 Å². The van der Waals surface area contributed by atoms with E-state index >= 15 is 0 Å². The first-order valence-corrected chi connectivity index (χ1v) is 12.7. The van der Waals surface area contributed by atoms with E-state index in [1.807, 2.05) is 52.4 Å². The maximum absolute atomic E-state index is 13.5. The van der Waals surface area contributed by atoms with Gasteiger partial charge >= 0.3 is 0 Å². The molecule has 2 heterocycles. The van der Waals surface area contributed by atoms with E-state index in [2.05, 4.69) is 10.2 Å². The number of thiophene rings is 1. The Balaban J connectivity index is 1.54. The first-order valence-electron chi connectivity index (χ1n) is 10.8. The third-order valence-electron chi connectivity index (χ3n) is 5.17. The minimum absolute atomic E-state index is 0.00745. The number of methoxy groups -OCH3 is 1. The molecule has 2 aromatic carbocycles. The first-order chi connectivity index (χ1) is 16.6. The van der Waals surface area contributed by atoms with E-state index in [0.29, 0.717) is 37.2 Å². The molecule has 9 heteroatoms. The Morgan fingerprint density at radius 3 is 2.59 bits per heavy atom. The fourth-order valence-electron chi connectivity index (χ4n) is 3.42. The van der Waals surface area contributed by atoms with Crippen molar-refractivity contribution in [2.75, 3.05) is 26.0 Å². The van der Waals surface area contributed by atoms with Crippen LogP contribution in [0.3, 0.4) is 0 Å². The highest BCUT2D eigenvalue weighted by Gasteiger charge is 2.19. The molecule has 4 aromatic rings. The number of carbonyl (C=O) groups excluding carboxylic acids is 1. The number of benzene rings is 2. The molecule has 6 nitrogen and oxygen atoms in total. The number of ether oxygens (including phenoxy) is 1. The number of amides is 1. The van der Waals surface area contributed by atoms with Crippen LogP contribution in [0.5, 0.6) is 0 Å². The third kappa shape index (κ3) is 6.31. The van der Waals surface area contributed by atoms with Crippen molar-refractivity contribution in [3.8, 4) is 11.4 Å². The number of hydrogen-bond donors (Lipinski definition) is 0. The summed E-state index contributed by atoms with van der Waals surface area (Å²) < 4.78 is 20.6. The van der Waals surface area contributed by atoms with Crippen LogP contribution >= 0.6 is 23.1 Å². The molecule has 2 aromatic heterocycles. The van der Waals surface area contributed by atoms with Crippen molar-refractivity contribution in [2.24, 2.45) is 0 Å². The highest BCUT2D eigenvalue weighted by Crippen LogP contribution is 2.26. The molecular weight excluding hydrogens is 471 g/mol. The zero-order valence-corrected chi connectivity index (χ0v) is 20.4. The zero-order chi connectivity index (χ0) is 23.8. The molecular formula is C25H25FN4O2S2. The SMILES string of the molecule is COCCN(Cc1cccs1)C(=O)CSc1nnc(-c2ccc(F)cc2)n1Cc1ccccc1. The van der Waals surface area contributed by atoms with Crippen LogP contribution in [0.2, 0.25) is 0 Å². The van der Waals surface area contributed by atoms with Gasteiger partial charge in [0.25, 0.3) is 0 Å². The molecule has 176 valence electrons. The molecule has 0 fully saturated rings. The number of rotatable bonds is 11. The number of thioether (sulfide) groups is 1. The fraction of sp³-hybridized carbons (Fsp3) is 0.240. The Hall–Kier alpha value is -3.01. The standard InChI is InChI=1S/C25H25FN4O2S2/c1-32-14-13-29(17-22-8-5-15-33-22)23(31)18-34-25-28-27-24(20-9-11-21(26)12-10-20)30(25)16-19-6-3-2-4-7-19/h2-12,15H,13-14,16-18H2,1H3. The quantitative estimate of drug-likeness (QED) is 0.275. The molecule has 0 atom stereocenters. The maximum atomic E-state index is 13.5. The minimum atomic E-state index is -0.306. The summed E-state index contributed by atoms with van der Waals surface area (Å²) in [5.74, 6) is 0.562. The summed E-state index contributed by atoms with van der Waals surface area (Å²) in [4.78, 5) is 16.0. The highest BCUT2D eigenvalue weighted by atomic mass is 32.2. The van der Waals surface area contributed by atoms with Gasteiger partial charge in [0.15, 0.2) is 11.0 Å². The molecule has 0 saturated heterocycles. The van der Waals surface area contributed by atoms with E-state index in [1.54, 1.807) is 35.5 Å². The Morgan fingerprint density at radius 1 is 1.09 bits per heavy atom. The number of hydrogen-bond acceptors (Lipinski definition) is 6. The molecule has 0 aliphatic heterocycles. The van der Waals surface area contributed by atoms with Gasteiger partial charge < -0.3 is 9.64 Å². The number of nitrogens with zero attached hydrogens (tertiary/aromatic N) is 4. The van der Waals surface area contributed by atoms with Gasteiger partial charge in [-0.1, -0.05) is 48.2 Å². The lowest BCUT2D eigenvalue weighted by atomic mass is 10.2. The summed E-state index contributed by atoms with van der Waals surface area (Å²) in [5, 5.41) is 11.4. The van der Waals surface area contributed by atoms with E-state index in [-0.39, 0.29) is 17.5 Å². The van der Waals surface area contributed by atoms with Gasteiger partial charge in [-0.3, -0.25) is 9.36 Å². The minimum Gasteiger partial charge on any atom is -0.383 e. The van der Waals surface area contributed by atoms with Gasteiger partial charge in [0, 0.05) is 24.1 Å². The van der Waals surface area contributed by atoms with E-state index in [1.165, 1.54) is 23.9 Å². The average Bonchev–Trinajstić information content (AvgIpc) is 3.51. The molecule has 0 N–H and O–H groups in total. The molecule has 0 spiro atoms. The summed E-state index contributed by atoms with van der Waals surface area (Å²) in [6.45, 7) is 2.09. The second-order valence-electron chi connectivity index (χ2n) is 7.56. The molecule has 1 amide bonds. The van der Waals surface area contributed by atoms with Crippen LogP contribution < -0.4 is 0 Å². The van der Waals surface area contributed by atoms with Crippen molar-refractivity contribution >= 4 is 29.0 Å². The van der Waals surface area contributed by atoms with Gasteiger partial charge in [-0.15, -0.1) is 21.5 Å². The van der Waals surface area contributed by atoms with Crippen molar-refractivity contribution in [1.82, 2.24) is 19.7 Å². The largest absolute Gasteiger partial charge is 0.383 e. The molecule has 34 heavy (non-hydrogen) atoms. The maximum Gasteiger partial charge on any atom is 0.233 e. The van der Waals surface area contributed by atoms with Crippen molar-refractivity contribution in [3.05, 3.63) is 88.4 Å². The summed E-state index contributed by atoms with van der Waals surface area (Å²) in [6, 6.07) is 20.2. The molecule has 0 aliphatic rings. The van der Waals surface area contributed by atoms with Crippen LogP contribution in [0.15, 0.2) is 77.3 Å². The monoisotopic (exact) mass is 496 g/mol. The molecule has 0 radical (unpaired) electrons. The molecule has 0 saturated carbocycles. The second-order valence-corrected chi connectivity index (χ2v) is 9.54. The second kappa shape index (κ2) is 11.9. The van der Waals surface area contributed by atoms with Crippen LogP contribution in [0, 0.1) is 5.82 Å². The Bertz CT molecular complexity index is 1180. The first kappa shape index (κ1) is 24.1. The lowest BCUT2D eigenvalue weighted by molar-refractivity contribution is -0.129. The van der Waals surface area contributed by atoms with Crippen LogP contribution in [-0.2, 0) is 22.6 Å². The molecule has 0 bridgehead atoms. The van der Waals surface area contributed by atoms with E-state index in [9.17, 15) is 9.18 Å². The smallest absolute Gasteiger partial charge is 0.233 e. The predicted octanol–water partition coefficient (Wildman–Crippen LogP) is 4.96. The number of aromatic nitrogens is 3. The van der Waals surface area contributed by atoms with Gasteiger partial charge in [0.2, 0.25) is 5.91 Å². The normalized spacial score (nSPS) is 11.0. The van der Waals surface area contributed by atoms with Crippen LogP contribution in [-0.4, -0.2) is 51.6 Å².